The van der Waals surface area contributed by atoms with Crippen LogP contribution in [0.4, 0.5) is 4.79 Å². The molecule has 2 unspecified atom stereocenters. The highest BCUT2D eigenvalue weighted by molar-refractivity contribution is 7.90. The molecule has 0 heterocycles. The van der Waals surface area contributed by atoms with Gasteiger partial charge in [0.25, 0.3) is 0 Å². The fraction of sp³-hybridized carbons (Fsp3) is 0.818. The van der Waals surface area contributed by atoms with Gasteiger partial charge in [-0.05, 0) is 20.3 Å². The van der Waals surface area contributed by atoms with Crippen molar-refractivity contribution in [3.05, 3.63) is 0 Å². The van der Waals surface area contributed by atoms with Crippen LogP contribution in [0.25, 0.3) is 0 Å². The highest BCUT2D eigenvalue weighted by Gasteiger charge is 2.21. The second-order valence-electron chi connectivity index (χ2n) is 4.43. The molecule has 0 aromatic carbocycles. The van der Waals surface area contributed by atoms with Gasteiger partial charge in [0.2, 0.25) is 0 Å². The van der Waals surface area contributed by atoms with E-state index in [1.807, 2.05) is 6.92 Å². The number of rotatable bonds is 9. The van der Waals surface area contributed by atoms with Crippen LogP contribution in [0, 0.1) is 0 Å². The molecule has 20 heavy (non-hydrogen) atoms. The number of hydrogen-bond acceptors (Lipinski definition) is 5. The Labute approximate surface area is 118 Å². The zero-order chi connectivity index (χ0) is 15.8. The molecular weight excluding hydrogens is 288 g/mol. The molecule has 0 rings (SSSR count). The van der Waals surface area contributed by atoms with E-state index >= 15 is 0 Å². The van der Waals surface area contributed by atoms with Gasteiger partial charge < -0.3 is 20.5 Å². The third kappa shape index (κ3) is 9.56. The molecule has 0 spiro atoms. The molecule has 2 amide bonds. The first kappa shape index (κ1) is 18.7. The molecule has 9 heteroatoms. The maximum atomic E-state index is 11.5. The minimum absolute atomic E-state index is 0.178. The summed E-state index contributed by atoms with van der Waals surface area (Å²) in [5, 5.41) is 13.6. The lowest BCUT2D eigenvalue weighted by molar-refractivity contribution is -0.139. The Morgan fingerprint density at radius 1 is 1.35 bits per heavy atom. The predicted octanol–water partition coefficient (Wildman–Crippen LogP) is -0.401. The summed E-state index contributed by atoms with van der Waals surface area (Å²) in [6.45, 7) is 4.33. The number of ether oxygens (including phenoxy) is 1. The van der Waals surface area contributed by atoms with Crippen LogP contribution in [0.2, 0.25) is 0 Å². The third-order valence-corrected chi connectivity index (χ3v) is 3.36. The van der Waals surface area contributed by atoms with E-state index in [-0.39, 0.29) is 24.8 Å². The molecular formula is C11H22N2O6S. The number of urea groups is 1. The number of aliphatic carboxylic acids is 1. The normalized spacial score (nSPS) is 14.3. The molecule has 0 aromatic rings. The SMILES string of the molecule is CCOC(C)CNC(=O)NC(CCS(C)(=O)=O)C(=O)O. The van der Waals surface area contributed by atoms with Crippen LogP contribution in [-0.2, 0) is 19.4 Å². The summed E-state index contributed by atoms with van der Waals surface area (Å²) in [5.74, 6) is -1.58. The number of amides is 2. The maximum Gasteiger partial charge on any atom is 0.326 e. The number of carbonyl (C=O) groups is 2. The summed E-state index contributed by atoms with van der Waals surface area (Å²) in [5.41, 5.74) is 0. The van der Waals surface area contributed by atoms with Crippen LogP contribution in [0.15, 0.2) is 0 Å². The summed E-state index contributed by atoms with van der Waals surface area (Å²) in [6.07, 6.45) is 0.642. The van der Waals surface area contributed by atoms with Gasteiger partial charge >= 0.3 is 12.0 Å². The fourth-order valence-electron chi connectivity index (χ4n) is 1.38. The number of sulfone groups is 1. The van der Waals surface area contributed by atoms with Gasteiger partial charge in [-0.3, -0.25) is 0 Å². The smallest absolute Gasteiger partial charge is 0.326 e. The van der Waals surface area contributed by atoms with E-state index < -0.39 is 27.9 Å². The Hall–Kier alpha value is -1.35. The van der Waals surface area contributed by atoms with Gasteiger partial charge in [-0.1, -0.05) is 0 Å². The largest absolute Gasteiger partial charge is 0.480 e. The zero-order valence-corrected chi connectivity index (χ0v) is 12.7. The molecule has 0 fully saturated rings. The first-order chi connectivity index (χ1) is 9.15. The molecule has 0 aliphatic rings. The molecule has 2 atom stereocenters. The molecule has 118 valence electrons. The van der Waals surface area contributed by atoms with Crippen LogP contribution in [-0.4, -0.2) is 62.8 Å². The average molecular weight is 310 g/mol. The summed E-state index contributed by atoms with van der Waals surface area (Å²) < 4.78 is 27.2. The van der Waals surface area contributed by atoms with E-state index in [2.05, 4.69) is 10.6 Å². The minimum atomic E-state index is -3.28. The summed E-state index contributed by atoms with van der Waals surface area (Å²) in [7, 11) is -3.28. The van der Waals surface area contributed by atoms with Gasteiger partial charge in [-0.2, -0.15) is 0 Å². The summed E-state index contributed by atoms with van der Waals surface area (Å²) in [6, 6.07) is -1.91. The molecule has 3 N–H and O–H groups in total. The molecule has 0 saturated heterocycles. The van der Waals surface area contributed by atoms with Crippen molar-refractivity contribution < 1.29 is 27.9 Å². The van der Waals surface area contributed by atoms with Crippen molar-refractivity contribution in [1.82, 2.24) is 10.6 Å². The molecule has 0 saturated carbocycles. The lowest BCUT2D eigenvalue weighted by Gasteiger charge is -2.16. The van der Waals surface area contributed by atoms with E-state index in [9.17, 15) is 18.0 Å². The van der Waals surface area contributed by atoms with E-state index in [0.29, 0.717) is 6.61 Å². The van der Waals surface area contributed by atoms with Gasteiger partial charge in [0.1, 0.15) is 15.9 Å². The number of carboxylic acids is 1. The number of carbonyl (C=O) groups excluding carboxylic acids is 1. The van der Waals surface area contributed by atoms with Gasteiger partial charge in [0, 0.05) is 19.4 Å². The second kappa shape index (κ2) is 8.75. The highest BCUT2D eigenvalue weighted by atomic mass is 32.2. The monoisotopic (exact) mass is 310 g/mol. The van der Waals surface area contributed by atoms with E-state index in [4.69, 9.17) is 9.84 Å². The highest BCUT2D eigenvalue weighted by Crippen LogP contribution is 1.97. The predicted molar refractivity (Wildman–Crippen MR) is 73.4 cm³/mol. The van der Waals surface area contributed by atoms with Crippen molar-refractivity contribution in [1.29, 1.82) is 0 Å². The maximum absolute atomic E-state index is 11.5. The quantitative estimate of drug-likeness (QED) is 0.532. The van der Waals surface area contributed by atoms with Crippen molar-refractivity contribution in [3.63, 3.8) is 0 Å². The van der Waals surface area contributed by atoms with E-state index in [1.165, 1.54) is 0 Å². The lowest BCUT2D eigenvalue weighted by Crippen LogP contribution is -2.48. The van der Waals surface area contributed by atoms with Gasteiger partial charge in [0.05, 0.1) is 11.9 Å². The second-order valence-corrected chi connectivity index (χ2v) is 6.69. The van der Waals surface area contributed by atoms with Crippen LogP contribution < -0.4 is 10.6 Å². The number of carboxylic acid groups (broad SMARTS) is 1. The lowest BCUT2D eigenvalue weighted by atomic mass is 10.2. The van der Waals surface area contributed by atoms with E-state index in [0.717, 1.165) is 6.26 Å². The van der Waals surface area contributed by atoms with Crippen molar-refractivity contribution in [2.24, 2.45) is 0 Å². The Morgan fingerprint density at radius 3 is 2.40 bits per heavy atom. The van der Waals surface area contributed by atoms with Crippen molar-refractivity contribution in [3.8, 4) is 0 Å². The van der Waals surface area contributed by atoms with Crippen LogP contribution in [0.1, 0.15) is 20.3 Å². The van der Waals surface area contributed by atoms with Crippen molar-refractivity contribution in [2.45, 2.75) is 32.4 Å². The van der Waals surface area contributed by atoms with Crippen LogP contribution in [0.3, 0.4) is 0 Å². The van der Waals surface area contributed by atoms with Gasteiger partial charge in [-0.15, -0.1) is 0 Å². The minimum Gasteiger partial charge on any atom is -0.480 e. The molecule has 8 nitrogen and oxygen atoms in total. The Morgan fingerprint density at radius 2 is 1.95 bits per heavy atom. The number of hydrogen-bond donors (Lipinski definition) is 3. The first-order valence-corrected chi connectivity index (χ1v) is 8.28. The van der Waals surface area contributed by atoms with Crippen molar-refractivity contribution in [2.75, 3.05) is 25.2 Å². The standard InChI is InChI=1S/C11H22N2O6S/c1-4-19-8(2)7-12-11(16)13-9(10(14)15)5-6-20(3,17)18/h8-9H,4-7H2,1-3H3,(H,14,15)(H2,12,13,16). The average Bonchev–Trinajstić information content (AvgIpc) is 2.30. The third-order valence-electron chi connectivity index (χ3n) is 2.38. The molecule has 0 aliphatic carbocycles. The number of nitrogens with one attached hydrogen (secondary N) is 2. The van der Waals surface area contributed by atoms with Gasteiger partial charge in [-0.25, -0.2) is 18.0 Å². The Kier molecular flexibility index (Phi) is 8.16. The Balaban J connectivity index is 4.24. The zero-order valence-electron chi connectivity index (χ0n) is 11.9. The van der Waals surface area contributed by atoms with Crippen LogP contribution in [0.5, 0.6) is 0 Å². The van der Waals surface area contributed by atoms with Crippen molar-refractivity contribution >= 4 is 21.8 Å². The molecule has 0 aliphatic heterocycles. The summed E-state index contributed by atoms with van der Waals surface area (Å²) >= 11 is 0. The summed E-state index contributed by atoms with van der Waals surface area (Å²) in [4.78, 5) is 22.4. The fourth-order valence-corrected chi connectivity index (χ4v) is 2.04. The van der Waals surface area contributed by atoms with E-state index in [1.54, 1.807) is 6.92 Å². The first-order valence-electron chi connectivity index (χ1n) is 6.22. The Bertz CT molecular complexity index is 423. The molecule has 0 radical (unpaired) electrons. The molecule has 0 aromatic heterocycles. The topological polar surface area (TPSA) is 122 Å². The van der Waals surface area contributed by atoms with Crippen LogP contribution >= 0.6 is 0 Å². The molecule has 0 bridgehead atoms. The van der Waals surface area contributed by atoms with Gasteiger partial charge in [0.15, 0.2) is 0 Å².